The Kier molecular flexibility index (Phi) is 7.07. The van der Waals surface area contributed by atoms with Crippen molar-refractivity contribution < 1.29 is 23.1 Å². The van der Waals surface area contributed by atoms with Gasteiger partial charge in [-0.2, -0.15) is 0 Å². The third-order valence-electron chi connectivity index (χ3n) is 6.19. The van der Waals surface area contributed by atoms with Crippen LogP contribution in [-0.4, -0.2) is 39.7 Å². The van der Waals surface area contributed by atoms with E-state index in [0.717, 1.165) is 38.0 Å². The number of carbonyl (C=O) groups is 1. The zero-order valence-electron chi connectivity index (χ0n) is 19.0. The van der Waals surface area contributed by atoms with Crippen molar-refractivity contribution in [2.24, 2.45) is 5.92 Å². The van der Waals surface area contributed by atoms with Crippen molar-refractivity contribution in [1.29, 1.82) is 0 Å². The van der Waals surface area contributed by atoms with Crippen molar-refractivity contribution in [1.82, 2.24) is 0 Å². The topological polar surface area (TPSA) is 95.9 Å². The summed E-state index contributed by atoms with van der Waals surface area (Å²) in [5.74, 6) is -0.0662. The Morgan fingerprint density at radius 2 is 1.71 bits per heavy atom. The van der Waals surface area contributed by atoms with Gasteiger partial charge in [0.1, 0.15) is 5.75 Å². The molecular formula is C26H28N2O5S. The molecule has 7 nitrogen and oxygen atoms in total. The lowest BCUT2D eigenvalue weighted by Gasteiger charge is -2.34. The first-order valence-electron chi connectivity index (χ1n) is 11.2. The van der Waals surface area contributed by atoms with E-state index < -0.39 is 16.0 Å². The highest BCUT2D eigenvalue weighted by Crippen LogP contribution is 2.30. The number of nitrogens with zero attached hydrogens (tertiary/aromatic N) is 1. The maximum Gasteiger partial charge on any atom is 0.337 e. The van der Waals surface area contributed by atoms with Crippen LogP contribution < -0.4 is 14.4 Å². The van der Waals surface area contributed by atoms with Crippen LogP contribution >= 0.6 is 0 Å². The first kappa shape index (κ1) is 23.6. The number of carboxylic acids is 1. The predicted molar refractivity (Wildman–Crippen MR) is 132 cm³/mol. The fraction of sp³-hybridized carbons (Fsp3) is 0.269. The van der Waals surface area contributed by atoms with E-state index in [1.54, 1.807) is 12.1 Å². The molecular weight excluding hydrogens is 452 g/mol. The molecule has 0 spiro atoms. The van der Waals surface area contributed by atoms with Crippen LogP contribution in [0.3, 0.4) is 0 Å². The fourth-order valence-corrected chi connectivity index (χ4v) is 5.38. The van der Waals surface area contributed by atoms with E-state index in [0.29, 0.717) is 11.7 Å². The molecule has 1 heterocycles. The van der Waals surface area contributed by atoms with Gasteiger partial charge in [-0.25, -0.2) is 13.2 Å². The monoisotopic (exact) mass is 480 g/mol. The molecule has 0 aliphatic carbocycles. The number of rotatable bonds is 8. The van der Waals surface area contributed by atoms with Gasteiger partial charge in [-0.3, -0.25) is 4.72 Å². The molecule has 1 fully saturated rings. The number of ether oxygens (including phenoxy) is 1. The van der Waals surface area contributed by atoms with Crippen molar-refractivity contribution >= 4 is 27.4 Å². The predicted octanol–water partition coefficient (Wildman–Crippen LogP) is 4.65. The summed E-state index contributed by atoms with van der Waals surface area (Å²) >= 11 is 0. The van der Waals surface area contributed by atoms with E-state index in [1.807, 2.05) is 6.07 Å². The van der Waals surface area contributed by atoms with Gasteiger partial charge in [0.15, 0.2) is 0 Å². The van der Waals surface area contributed by atoms with E-state index in [2.05, 4.69) is 33.9 Å². The van der Waals surface area contributed by atoms with Crippen molar-refractivity contribution in [3.05, 3.63) is 83.9 Å². The molecule has 0 amide bonds. The smallest absolute Gasteiger partial charge is 0.337 e. The number of aromatic carboxylic acids is 1. The minimum absolute atomic E-state index is 0.0224. The van der Waals surface area contributed by atoms with Crippen molar-refractivity contribution in [3.8, 4) is 5.75 Å². The summed E-state index contributed by atoms with van der Waals surface area (Å²) < 4.78 is 33.1. The molecule has 2 N–H and O–H groups in total. The molecule has 178 valence electrons. The maximum atomic E-state index is 12.8. The normalized spacial score (nSPS) is 14.6. The second kappa shape index (κ2) is 10.2. The Labute approximate surface area is 200 Å². The Hall–Kier alpha value is -3.52. The van der Waals surface area contributed by atoms with Crippen LogP contribution in [0.15, 0.2) is 77.7 Å². The van der Waals surface area contributed by atoms with E-state index in [9.17, 15) is 18.3 Å². The SMILES string of the molecule is COc1ccc(S(=O)(=O)Nc2ccc(N3CCC(Cc4ccccc4)CC3)cc2C(=O)O)cc1. The first-order valence-corrected chi connectivity index (χ1v) is 12.7. The number of benzene rings is 3. The van der Waals surface area contributed by atoms with E-state index >= 15 is 0 Å². The number of carboxylic acid groups (broad SMARTS) is 1. The summed E-state index contributed by atoms with van der Waals surface area (Å²) in [7, 11) is -2.46. The van der Waals surface area contributed by atoms with Gasteiger partial charge in [0.05, 0.1) is 23.3 Å². The number of anilines is 2. The number of sulfonamides is 1. The number of hydrogen-bond acceptors (Lipinski definition) is 5. The molecule has 1 aliphatic rings. The quantitative estimate of drug-likeness (QED) is 0.487. The second-order valence-corrected chi connectivity index (χ2v) is 10.1. The van der Waals surface area contributed by atoms with Gasteiger partial charge in [0.2, 0.25) is 0 Å². The zero-order valence-corrected chi connectivity index (χ0v) is 19.8. The van der Waals surface area contributed by atoms with Gasteiger partial charge in [-0.05, 0) is 73.2 Å². The molecule has 3 aromatic rings. The molecule has 0 atom stereocenters. The standard InChI is InChI=1S/C26H28N2O5S/c1-33-22-8-10-23(11-9-22)34(31,32)27-25-12-7-21(18-24(25)26(29)30)28-15-13-20(14-16-28)17-19-5-3-2-4-6-19/h2-12,18,20,27H,13-17H2,1H3,(H,29,30). The van der Waals surface area contributed by atoms with Crippen LogP contribution in [0.5, 0.6) is 5.75 Å². The molecule has 34 heavy (non-hydrogen) atoms. The van der Waals surface area contributed by atoms with Gasteiger partial charge < -0.3 is 14.7 Å². The summed E-state index contributed by atoms with van der Waals surface area (Å²) in [4.78, 5) is 14.1. The highest BCUT2D eigenvalue weighted by Gasteiger charge is 2.23. The molecule has 4 rings (SSSR count). The van der Waals surface area contributed by atoms with Crippen LogP contribution in [0.2, 0.25) is 0 Å². The molecule has 0 bridgehead atoms. The molecule has 0 radical (unpaired) electrons. The third kappa shape index (κ3) is 5.51. The van der Waals surface area contributed by atoms with Crippen LogP contribution in [0.1, 0.15) is 28.8 Å². The zero-order chi connectivity index (χ0) is 24.1. The summed E-state index contributed by atoms with van der Waals surface area (Å²) in [6.07, 6.45) is 3.08. The highest BCUT2D eigenvalue weighted by atomic mass is 32.2. The second-order valence-electron chi connectivity index (χ2n) is 8.44. The third-order valence-corrected chi connectivity index (χ3v) is 7.58. The average molecular weight is 481 g/mol. The fourth-order valence-electron chi connectivity index (χ4n) is 4.30. The average Bonchev–Trinajstić information content (AvgIpc) is 2.85. The van der Waals surface area contributed by atoms with Crippen molar-refractivity contribution in [3.63, 3.8) is 0 Å². The molecule has 1 saturated heterocycles. The number of nitrogens with one attached hydrogen (secondary N) is 1. The summed E-state index contributed by atoms with van der Waals surface area (Å²) in [5, 5.41) is 9.76. The minimum Gasteiger partial charge on any atom is -0.497 e. The van der Waals surface area contributed by atoms with Gasteiger partial charge in [0.25, 0.3) is 10.0 Å². The van der Waals surface area contributed by atoms with Crippen molar-refractivity contribution in [2.75, 3.05) is 29.8 Å². The molecule has 8 heteroatoms. The Balaban J connectivity index is 1.47. The lowest BCUT2D eigenvalue weighted by atomic mass is 9.90. The van der Waals surface area contributed by atoms with E-state index in [1.165, 1.54) is 43.0 Å². The van der Waals surface area contributed by atoms with Gasteiger partial charge in [-0.1, -0.05) is 30.3 Å². The van der Waals surface area contributed by atoms with Gasteiger partial charge in [-0.15, -0.1) is 0 Å². The van der Waals surface area contributed by atoms with Crippen LogP contribution in [0.25, 0.3) is 0 Å². The molecule has 0 aromatic heterocycles. The number of hydrogen-bond donors (Lipinski definition) is 2. The van der Waals surface area contributed by atoms with Crippen LogP contribution in [-0.2, 0) is 16.4 Å². The summed E-state index contributed by atoms with van der Waals surface area (Å²) in [5.41, 5.74) is 2.07. The largest absolute Gasteiger partial charge is 0.497 e. The van der Waals surface area contributed by atoms with Crippen molar-refractivity contribution in [2.45, 2.75) is 24.2 Å². The Morgan fingerprint density at radius 3 is 2.32 bits per heavy atom. The number of piperidine rings is 1. The Morgan fingerprint density at radius 1 is 1.03 bits per heavy atom. The van der Waals surface area contributed by atoms with E-state index in [-0.39, 0.29) is 16.1 Å². The molecule has 1 aliphatic heterocycles. The minimum atomic E-state index is -3.95. The van der Waals surface area contributed by atoms with Crippen LogP contribution in [0.4, 0.5) is 11.4 Å². The number of methoxy groups -OCH3 is 1. The highest BCUT2D eigenvalue weighted by molar-refractivity contribution is 7.92. The summed E-state index contributed by atoms with van der Waals surface area (Å²) in [6.45, 7) is 1.65. The van der Waals surface area contributed by atoms with Gasteiger partial charge >= 0.3 is 5.97 Å². The molecule has 3 aromatic carbocycles. The van der Waals surface area contributed by atoms with E-state index in [4.69, 9.17) is 4.74 Å². The lowest BCUT2D eigenvalue weighted by Crippen LogP contribution is -2.34. The maximum absolute atomic E-state index is 12.8. The van der Waals surface area contributed by atoms with Crippen LogP contribution in [0, 0.1) is 5.92 Å². The Bertz CT molecular complexity index is 1240. The first-order chi connectivity index (χ1) is 16.4. The van der Waals surface area contributed by atoms with Gasteiger partial charge in [0, 0.05) is 18.8 Å². The molecule has 0 saturated carbocycles. The lowest BCUT2D eigenvalue weighted by molar-refractivity contribution is 0.0698. The molecule has 0 unspecified atom stereocenters. The summed E-state index contributed by atoms with van der Waals surface area (Å²) in [6, 6.07) is 21.2.